The van der Waals surface area contributed by atoms with Gasteiger partial charge in [-0.25, -0.2) is 4.79 Å². The summed E-state index contributed by atoms with van der Waals surface area (Å²) in [6.07, 6.45) is 1.44. The SMILES string of the molecule is COc1cc2c(c3oc(=O)c(CC(=O)Nc4ccc(CN5CCOCC5)cc4)c(C)c13)CCC(C)(C)O2. The van der Waals surface area contributed by atoms with E-state index in [0.29, 0.717) is 39.3 Å². The molecule has 0 bridgehead atoms. The first-order valence-electron chi connectivity index (χ1n) is 12.8. The molecule has 0 radical (unpaired) electrons. The molecule has 0 unspecified atom stereocenters. The van der Waals surface area contributed by atoms with Crippen molar-refractivity contribution in [3.63, 3.8) is 0 Å². The standard InChI is InChI=1S/C29H34N2O6/c1-18-22(15-25(32)30-20-7-5-19(6-8-20)17-31-11-13-35-14-12-31)28(33)36-27-21-9-10-29(2,3)37-23(21)16-24(34-4)26(18)27/h5-8,16H,9-15,17H2,1-4H3,(H,30,32). The van der Waals surface area contributed by atoms with Gasteiger partial charge >= 0.3 is 5.63 Å². The third-order valence-corrected chi connectivity index (χ3v) is 7.24. The molecule has 0 aliphatic carbocycles. The number of hydrogen-bond acceptors (Lipinski definition) is 7. The number of benzene rings is 2. The highest BCUT2D eigenvalue weighted by molar-refractivity contribution is 5.95. The summed E-state index contributed by atoms with van der Waals surface area (Å²) in [4.78, 5) is 28.3. The maximum atomic E-state index is 13.0. The Morgan fingerprint density at radius 1 is 1.16 bits per heavy atom. The van der Waals surface area contributed by atoms with Crippen LogP contribution in [0, 0.1) is 6.92 Å². The van der Waals surface area contributed by atoms with E-state index in [1.165, 1.54) is 5.56 Å². The van der Waals surface area contributed by atoms with Gasteiger partial charge in [0.05, 0.1) is 37.7 Å². The molecule has 8 heteroatoms. The third kappa shape index (κ3) is 5.36. The van der Waals surface area contributed by atoms with Gasteiger partial charge in [-0.3, -0.25) is 9.69 Å². The molecule has 0 saturated carbocycles. The van der Waals surface area contributed by atoms with Crippen molar-refractivity contribution in [1.29, 1.82) is 0 Å². The van der Waals surface area contributed by atoms with Crippen LogP contribution in [-0.2, 0) is 28.9 Å². The number of amides is 1. The van der Waals surface area contributed by atoms with Crippen molar-refractivity contribution in [1.82, 2.24) is 4.90 Å². The lowest BCUT2D eigenvalue weighted by Gasteiger charge is -2.33. The highest BCUT2D eigenvalue weighted by Crippen LogP contribution is 2.43. The van der Waals surface area contributed by atoms with Crippen LogP contribution in [0.2, 0.25) is 0 Å². The summed E-state index contributed by atoms with van der Waals surface area (Å²) >= 11 is 0. The molecule has 1 amide bonds. The zero-order valence-corrected chi connectivity index (χ0v) is 21.9. The predicted octanol–water partition coefficient (Wildman–Crippen LogP) is 4.23. The molecule has 1 saturated heterocycles. The Morgan fingerprint density at radius 3 is 2.59 bits per heavy atom. The number of nitrogens with zero attached hydrogens (tertiary/aromatic N) is 1. The molecular formula is C29H34N2O6. The van der Waals surface area contributed by atoms with Crippen molar-refractivity contribution < 1.29 is 23.4 Å². The van der Waals surface area contributed by atoms with Crippen molar-refractivity contribution in [3.8, 4) is 11.5 Å². The average molecular weight is 507 g/mol. The third-order valence-electron chi connectivity index (χ3n) is 7.24. The van der Waals surface area contributed by atoms with E-state index in [4.69, 9.17) is 18.6 Å². The van der Waals surface area contributed by atoms with Crippen LogP contribution in [0.4, 0.5) is 5.69 Å². The molecule has 1 N–H and O–H groups in total. The molecule has 1 aromatic heterocycles. The van der Waals surface area contributed by atoms with Gasteiger partial charge in [-0.05, 0) is 56.9 Å². The minimum absolute atomic E-state index is 0.0938. The van der Waals surface area contributed by atoms with E-state index in [0.717, 1.165) is 51.3 Å². The van der Waals surface area contributed by atoms with Crippen molar-refractivity contribution in [3.05, 3.63) is 63.0 Å². The maximum Gasteiger partial charge on any atom is 0.340 e. The summed E-state index contributed by atoms with van der Waals surface area (Å²) in [6.45, 7) is 10.1. The molecule has 3 heterocycles. The van der Waals surface area contributed by atoms with Crippen LogP contribution in [0.5, 0.6) is 11.5 Å². The molecule has 0 atom stereocenters. The molecular weight excluding hydrogens is 472 g/mol. The van der Waals surface area contributed by atoms with E-state index in [-0.39, 0.29) is 17.9 Å². The van der Waals surface area contributed by atoms with E-state index in [1.54, 1.807) is 7.11 Å². The van der Waals surface area contributed by atoms with Crippen molar-refractivity contribution in [2.75, 3.05) is 38.7 Å². The van der Waals surface area contributed by atoms with E-state index < -0.39 is 5.63 Å². The smallest absolute Gasteiger partial charge is 0.340 e. The first kappa shape index (κ1) is 25.3. The fraction of sp³-hybridized carbons (Fsp3) is 0.448. The van der Waals surface area contributed by atoms with E-state index in [9.17, 15) is 9.59 Å². The Kier molecular flexibility index (Phi) is 6.96. The number of anilines is 1. The summed E-state index contributed by atoms with van der Waals surface area (Å²) in [7, 11) is 1.58. The van der Waals surface area contributed by atoms with Gasteiger partial charge in [0.15, 0.2) is 0 Å². The number of methoxy groups -OCH3 is 1. The largest absolute Gasteiger partial charge is 0.496 e. The lowest BCUT2D eigenvalue weighted by atomic mass is 9.91. The summed E-state index contributed by atoms with van der Waals surface area (Å²) in [5.74, 6) is 0.952. The normalized spacial score (nSPS) is 17.2. The molecule has 37 heavy (non-hydrogen) atoms. The fourth-order valence-corrected chi connectivity index (χ4v) is 5.12. The number of morpholine rings is 1. The van der Waals surface area contributed by atoms with Gasteiger partial charge in [0, 0.05) is 37.0 Å². The average Bonchev–Trinajstić information content (AvgIpc) is 2.87. The molecule has 5 rings (SSSR count). The minimum Gasteiger partial charge on any atom is -0.496 e. The van der Waals surface area contributed by atoms with Crippen molar-refractivity contribution >= 4 is 22.6 Å². The van der Waals surface area contributed by atoms with Gasteiger partial charge in [0.2, 0.25) is 5.91 Å². The van der Waals surface area contributed by atoms with Gasteiger partial charge < -0.3 is 23.9 Å². The Bertz CT molecular complexity index is 1370. The summed E-state index contributed by atoms with van der Waals surface area (Å²) < 4.78 is 23.0. The topological polar surface area (TPSA) is 90.2 Å². The Hall–Kier alpha value is -3.36. The molecule has 2 aliphatic heterocycles. The molecule has 2 aliphatic rings. The number of ether oxygens (including phenoxy) is 3. The van der Waals surface area contributed by atoms with Crippen LogP contribution < -0.4 is 20.4 Å². The van der Waals surface area contributed by atoms with Crippen molar-refractivity contribution in [2.45, 2.75) is 52.2 Å². The van der Waals surface area contributed by atoms with Crippen LogP contribution >= 0.6 is 0 Å². The summed E-state index contributed by atoms with van der Waals surface area (Å²) in [5.41, 5.74) is 3.39. The van der Waals surface area contributed by atoms with Gasteiger partial charge in [-0.15, -0.1) is 0 Å². The summed E-state index contributed by atoms with van der Waals surface area (Å²) in [6, 6.07) is 9.66. The van der Waals surface area contributed by atoms with E-state index in [1.807, 2.05) is 51.1 Å². The zero-order valence-electron chi connectivity index (χ0n) is 21.9. The maximum absolute atomic E-state index is 13.0. The van der Waals surface area contributed by atoms with Gasteiger partial charge in [0.25, 0.3) is 0 Å². The number of carbonyl (C=O) groups is 1. The lowest BCUT2D eigenvalue weighted by Crippen LogP contribution is -2.35. The second-order valence-electron chi connectivity index (χ2n) is 10.4. The molecule has 3 aromatic rings. The first-order valence-corrected chi connectivity index (χ1v) is 12.8. The second kappa shape index (κ2) is 10.2. The van der Waals surface area contributed by atoms with Gasteiger partial charge in [-0.1, -0.05) is 12.1 Å². The second-order valence-corrected chi connectivity index (χ2v) is 10.4. The van der Waals surface area contributed by atoms with E-state index >= 15 is 0 Å². The molecule has 8 nitrogen and oxygen atoms in total. The Balaban J connectivity index is 1.36. The molecule has 0 spiro atoms. The van der Waals surface area contributed by atoms with Crippen LogP contribution in [0.3, 0.4) is 0 Å². The first-order chi connectivity index (χ1) is 17.7. The molecule has 2 aromatic carbocycles. The Morgan fingerprint density at radius 2 is 1.89 bits per heavy atom. The van der Waals surface area contributed by atoms with Crippen LogP contribution in [0.25, 0.3) is 11.0 Å². The number of fused-ring (bicyclic) bond motifs is 3. The van der Waals surface area contributed by atoms with Crippen LogP contribution in [-0.4, -0.2) is 49.8 Å². The lowest BCUT2D eigenvalue weighted by molar-refractivity contribution is -0.115. The predicted molar refractivity (Wildman–Crippen MR) is 142 cm³/mol. The highest BCUT2D eigenvalue weighted by atomic mass is 16.5. The number of aryl methyl sites for hydroxylation is 2. The number of carbonyl (C=O) groups excluding carboxylic acids is 1. The number of rotatable bonds is 6. The summed E-state index contributed by atoms with van der Waals surface area (Å²) in [5, 5.41) is 3.61. The zero-order chi connectivity index (χ0) is 26.2. The Labute approximate surface area is 216 Å². The van der Waals surface area contributed by atoms with Gasteiger partial charge in [-0.2, -0.15) is 0 Å². The van der Waals surface area contributed by atoms with Crippen molar-refractivity contribution in [2.24, 2.45) is 0 Å². The quantitative estimate of drug-likeness (QED) is 0.501. The van der Waals surface area contributed by atoms with Gasteiger partial charge in [0.1, 0.15) is 22.7 Å². The van der Waals surface area contributed by atoms with E-state index in [2.05, 4.69) is 10.2 Å². The fourth-order valence-electron chi connectivity index (χ4n) is 5.12. The highest BCUT2D eigenvalue weighted by Gasteiger charge is 2.31. The minimum atomic E-state index is -0.513. The van der Waals surface area contributed by atoms with Crippen LogP contribution in [0.1, 0.15) is 42.5 Å². The molecule has 1 fully saturated rings. The number of hydrogen-bond donors (Lipinski definition) is 1. The van der Waals surface area contributed by atoms with Crippen LogP contribution in [0.15, 0.2) is 39.5 Å². The number of nitrogens with one attached hydrogen (secondary N) is 1. The molecule has 196 valence electrons. The monoisotopic (exact) mass is 506 g/mol.